The Morgan fingerprint density at radius 3 is 1.79 bits per heavy atom. The van der Waals surface area contributed by atoms with Gasteiger partial charge in [-0.3, -0.25) is 0 Å². The lowest BCUT2D eigenvalue weighted by molar-refractivity contribution is 0.438. The largest absolute Gasteiger partial charge is 0.457 e. The van der Waals surface area contributed by atoms with Crippen LogP contribution in [0.4, 0.5) is 0 Å². The first-order valence-corrected chi connectivity index (χ1v) is 6.00. The van der Waals surface area contributed by atoms with Gasteiger partial charge in [0.05, 0.1) is 12.1 Å². The molecule has 0 saturated carbocycles. The smallest absolute Gasteiger partial charge is 0.144 e. The SMILES string of the molecule is N#CC(C#N)C1c2ccccc2Oc2ccccc21. The predicted octanol–water partition coefficient (Wildman–Crippen LogP) is 3.59. The van der Waals surface area contributed by atoms with Gasteiger partial charge in [-0.1, -0.05) is 36.4 Å². The fourth-order valence-electron chi connectivity index (χ4n) is 2.48. The molecule has 0 N–H and O–H groups in total. The third-order valence-electron chi connectivity index (χ3n) is 3.34. The molecule has 0 spiro atoms. The molecule has 0 aromatic heterocycles. The van der Waals surface area contributed by atoms with Crippen molar-refractivity contribution >= 4 is 0 Å². The first-order chi connectivity index (χ1) is 9.35. The van der Waals surface area contributed by atoms with E-state index in [1.54, 1.807) is 0 Å². The van der Waals surface area contributed by atoms with Gasteiger partial charge in [0.15, 0.2) is 0 Å². The fraction of sp³-hybridized carbons (Fsp3) is 0.125. The van der Waals surface area contributed by atoms with Crippen LogP contribution >= 0.6 is 0 Å². The molecule has 1 aliphatic heterocycles. The van der Waals surface area contributed by atoms with Gasteiger partial charge in [-0.25, -0.2) is 0 Å². The summed E-state index contributed by atoms with van der Waals surface area (Å²) in [6, 6.07) is 19.3. The molecule has 1 heterocycles. The first-order valence-electron chi connectivity index (χ1n) is 6.00. The first kappa shape index (κ1) is 11.3. The van der Waals surface area contributed by atoms with E-state index in [9.17, 15) is 10.5 Å². The third-order valence-corrected chi connectivity index (χ3v) is 3.34. The summed E-state index contributed by atoms with van der Waals surface area (Å²) in [6.45, 7) is 0. The molecule has 0 amide bonds. The van der Waals surface area contributed by atoms with Gasteiger partial charge >= 0.3 is 0 Å². The summed E-state index contributed by atoms with van der Waals surface area (Å²) in [4.78, 5) is 0. The Kier molecular flexibility index (Phi) is 2.67. The standard InChI is InChI=1S/C16H10N2O/c17-9-11(10-18)16-12-5-1-3-7-14(12)19-15-8-4-2-6-13(15)16/h1-8,11,16H. The van der Waals surface area contributed by atoms with Gasteiger partial charge in [0, 0.05) is 17.0 Å². The Bertz CT molecular complexity index is 650. The Hall–Kier alpha value is -2.78. The summed E-state index contributed by atoms with van der Waals surface area (Å²) in [5.41, 5.74) is 1.80. The molecule has 3 nitrogen and oxygen atoms in total. The molecule has 0 unspecified atom stereocenters. The molecule has 1 aliphatic rings. The van der Waals surface area contributed by atoms with Gasteiger partial charge in [0.25, 0.3) is 0 Å². The van der Waals surface area contributed by atoms with Crippen molar-refractivity contribution in [2.24, 2.45) is 5.92 Å². The van der Waals surface area contributed by atoms with Gasteiger partial charge in [-0.05, 0) is 12.1 Å². The minimum Gasteiger partial charge on any atom is -0.457 e. The maximum Gasteiger partial charge on any atom is 0.144 e. The monoisotopic (exact) mass is 246 g/mol. The second-order valence-electron chi connectivity index (χ2n) is 4.39. The van der Waals surface area contributed by atoms with Gasteiger partial charge in [0.1, 0.15) is 17.4 Å². The summed E-state index contributed by atoms with van der Waals surface area (Å²) in [6.07, 6.45) is 0. The highest BCUT2D eigenvalue weighted by Crippen LogP contribution is 2.46. The van der Waals surface area contributed by atoms with Gasteiger partial charge in [-0.15, -0.1) is 0 Å². The van der Waals surface area contributed by atoms with Crippen LogP contribution in [0, 0.1) is 28.6 Å². The van der Waals surface area contributed by atoms with E-state index in [1.165, 1.54) is 0 Å². The number of nitriles is 2. The third kappa shape index (κ3) is 1.73. The zero-order valence-electron chi connectivity index (χ0n) is 10.1. The van der Waals surface area contributed by atoms with Crippen LogP contribution in [-0.2, 0) is 0 Å². The number of para-hydroxylation sites is 2. The average Bonchev–Trinajstić information content (AvgIpc) is 2.47. The zero-order chi connectivity index (χ0) is 13.2. The van der Waals surface area contributed by atoms with Crippen LogP contribution in [0.5, 0.6) is 11.5 Å². The molecule has 0 fully saturated rings. The Labute approximate surface area is 111 Å². The van der Waals surface area contributed by atoms with E-state index in [4.69, 9.17) is 4.74 Å². The molecule has 3 heteroatoms. The molecule has 0 radical (unpaired) electrons. The molecular formula is C16H10N2O. The fourth-order valence-corrected chi connectivity index (χ4v) is 2.48. The van der Waals surface area contributed by atoms with Gasteiger partial charge in [0.2, 0.25) is 0 Å². The molecule has 0 aliphatic carbocycles. The van der Waals surface area contributed by atoms with Crippen molar-refractivity contribution in [1.29, 1.82) is 10.5 Å². The molecule has 90 valence electrons. The number of rotatable bonds is 1. The topological polar surface area (TPSA) is 56.8 Å². The van der Waals surface area contributed by atoms with Crippen LogP contribution < -0.4 is 4.74 Å². The lowest BCUT2D eigenvalue weighted by atomic mass is 9.80. The molecule has 3 rings (SSSR count). The quantitative estimate of drug-likeness (QED) is 0.772. The molecule has 2 aromatic carbocycles. The number of benzene rings is 2. The predicted molar refractivity (Wildman–Crippen MR) is 69.5 cm³/mol. The Morgan fingerprint density at radius 2 is 1.32 bits per heavy atom. The summed E-state index contributed by atoms with van der Waals surface area (Å²) in [5.74, 6) is 0.478. The Balaban J connectivity index is 2.23. The second kappa shape index (κ2) is 4.48. The van der Waals surface area contributed by atoms with Crippen molar-refractivity contribution < 1.29 is 4.74 Å². The van der Waals surface area contributed by atoms with E-state index in [0.29, 0.717) is 0 Å². The molecule has 0 atom stereocenters. The van der Waals surface area contributed by atoms with Crippen LogP contribution in [0.2, 0.25) is 0 Å². The number of hydrogen-bond acceptors (Lipinski definition) is 3. The molecule has 0 saturated heterocycles. The normalized spacial score (nSPS) is 12.8. The minimum atomic E-state index is -0.716. The molecular weight excluding hydrogens is 236 g/mol. The summed E-state index contributed by atoms with van der Waals surface area (Å²) < 4.78 is 5.83. The van der Waals surface area contributed by atoms with E-state index in [-0.39, 0.29) is 5.92 Å². The molecule has 2 aromatic rings. The number of ether oxygens (including phenoxy) is 1. The van der Waals surface area contributed by atoms with E-state index in [2.05, 4.69) is 12.1 Å². The maximum atomic E-state index is 9.22. The summed E-state index contributed by atoms with van der Waals surface area (Å²) in [7, 11) is 0. The van der Waals surface area contributed by atoms with Gasteiger partial charge in [-0.2, -0.15) is 10.5 Å². The van der Waals surface area contributed by atoms with Crippen LogP contribution in [-0.4, -0.2) is 0 Å². The van der Waals surface area contributed by atoms with Crippen molar-refractivity contribution in [2.45, 2.75) is 5.92 Å². The van der Waals surface area contributed by atoms with Crippen molar-refractivity contribution in [2.75, 3.05) is 0 Å². The van der Waals surface area contributed by atoms with E-state index in [0.717, 1.165) is 22.6 Å². The van der Waals surface area contributed by atoms with E-state index < -0.39 is 5.92 Å². The van der Waals surface area contributed by atoms with E-state index in [1.807, 2.05) is 48.5 Å². The summed E-state index contributed by atoms with van der Waals surface area (Å²) >= 11 is 0. The molecule has 19 heavy (non-hydrogen) atoms. The second-order valence-corrected chi connectivity index (χ2v) is 4.39. The van der Waals surface area contributed by atoms with Crippen molar-refractivity contribution in [3.63, 3.8) is 0 Å². The van der Waals surface area contributed by atoms with Gasteiger partial charge < -0.3 is 4.74 Å². The van der Waals surface area contributed by atoms with E-state index >= 15 is 0 Å². The lowest BCUT2D eigenvalue weighted by Crippen LogP contribution is -2.16. The average molecular weight is 246 g/mol. The number of fused-ring (bicyclic) bond motifs is 2. The highest BCUT2D eigenvalue weighted by Gasteiger charge is 2.33. The van der Waals surface area contributed by atoms with Crippen LogP contribution in [0.15, 0.2) is 48.5 Å². The lowest BCUT2D eigenvalue weighted by Gasteiger charge is -2.28. The van der Waals surface area contributed by atoms with Crippen LogP contribution in [0.3, 0.4) is 0 Å². The van der Waals surface area contributed by atoms with Crippen molar-refractivity contribution in [3.05, 3.63) is 59.7 Å². The maximum absolute atomic E-state index is 9.22. The number of nitrogens with zero attached hydrogens (tertiary/aromatic N) is 2. The van der Waals surface area contributed by atoms with Crippen molar-refractivity contribution in [1.82, 2.24) is 0 Å². The highest BCUT2D eigenvalue weighted by molar-refractivity contribution is 5.55. The number of hydrogen-bond donors (Lipinski definition) is 0. The summed E-state index contributed by atoms with van der Waals surface area (Å²) in [5, 5.41) is 18.4. The minimum absolute atomic E-state index is 0.254. The van der Waals surface area contributed by atoms with Crippen LogP contribution in [0.25, 0.3) is 0 Å². The Morgan fingerprint density at radius 1 is 0.842 bits per heavy atom. The van der Waals surface area contributed by atoms with Crippen molar-refractivity contribution in [3.8, 4) is 23.6 Å². The molecule has 0 bridgehead atoms. The van der Waals surface area contributed by atoms with Crippen LogP contribution in [0.1, 0.15) is 17.0 Å². The highest BCUT2D eigenvalue weighted by atomic mass is 16.5. The zero-order valence-corrected chi connectivity index (χ0v) is 10.1.